The molecule has 1 aromatic carbocycles. The molecule has 0 unspecified atom stereocenters. The zero-order valence-corrected chi connectivity index (χ0v) is 34.3. The molecular formula is C41H50F3N7O7S. The number of nitrogens with zero attached hydrogens (tertiary/aromatic N) is 4. The van der Waals surface area contributed by atoms with Crippen molar-refractivity contribution >= 4 is 46.5 Å². The molecule has 4 heterocycles. The molecular weight excluding hydrogens is 792 g/mol. The Morgan fingerprint density at radius 1 is 1.10 bits per heavy atom. The number of alkyl halides is 3. The summed E-state index contributed by atoms with van der Waals surface area (Å²) in [5.74, 6) is -1.12. The van der Waals surface area contributed by atoms with Crippen molar-refractivity contribution in [3.05, 3.63) is 53.9 Å². The van der Waals surface area contributed by atoms with E-state index in [2.05, 4.69) is 20.5 Å². The largest absolute Gasteiger partial charge is 0.496 e. The smallest absolute Gasteiger partial charge is 0.408 e. The van der Waals surface area contributed by atoms with Crippen molar-refractivity contribution in [2.45, 2.75) is 126 Å². The van der Waals surface area contributed by atoms with Crippen LogP contribution in [0.5, 0.6) is 17.4 Å². The molecule has 2 aliphatic carbocycles. The summed E-state index contributed by atoms with van der Waals surface area (Å²) in [5, 5.41) is 10.5. The predicted molar refractivity (Wildman–Crippen MR) is 213 cm³/mol. The number of nitrogens with one attached hydrogen (secondary N) is 3. The lowest BCUT2D eigenvalue weighted by atomic mass is 10.0. The highest BCUT2D eigenvalue weighted by Gasteiger charge is 2.61. The molecule has 5 atom stereocenters. The summed E-state index contributed by atoms with van der Waals surface area (Å²) < 4.78 is 61.0. The van der Waals surface area contributed by atoms with Gasteiger partial charge in [-0.3, -0.25) is 28.6 Å². The average molecular weight is 842 g/mol. The SMILES string of the molecule is COc1ccc2c(O[C@@H]3C[C@H]4C(=O)N[C@]5(C(=O)NSC6CC6)C[C@H]5/C=C\CCCCC[C@H](NC(=O)c5ccn(CC(F)(F)F)n5)C(=O)N4C3)cc(OC(C)C)nc2c1C. The number of hydrogen-bond donors (Lipinski definition) is 3. The fourth-order valence-electron chi connectivity index (χ4n) is 7.72. The average Bonchev–Trinajstić information content (AvgIpc) is 4.03. The number of pyridine rings is 1. The van der Waals surface area contributed by atoms with Crippen molar-refractivity contribution < 1.29 is 46.6 Å². The number of carbonyl (C=O) groups excluding carboxylic acids is 4. The van der Waals surface area contributed by atoms with Gasteiger partial charge in [0.25, 0.3) is 11.8 Å². The first kappa shape index (κ1) is 42.1. The van der Waals surface area contributed by atoms with E-state index in [0.29, 0.717) is 63.9 Å². The Hall–Kier alpha value is -5.00. The number of amides is 4. The zero-order valence-electron chi connectivity index (χ0n) is 33.5. The number of aryl methyl sites for hydroxylation is 1. The number of aromatic nitrogens is 3. The molecule has 3 N–H and O–H groups in total. The monoisotopic (exact) mass is 841 g/mol. The van der Waals surface area contributed by atoms with Gasteiger partial charge in [-0.05, 0) is 89.4 Å². The number of fused-ring (bicyclic) bond motifs is 3. The predicted octanol–water partition coefficient (Wildman–Crippen LogP) is 5.57. The number of ether oxygens (including phenoxy) is 3. The van der Waals surface area contributed by atoms with Crippen molar-refractivity contribution in [2.24, 2.45) is 5.92 Å². The summed E-state index contributed by atoms with van der Waals surface area (Å²) in [6.07, 6.45) is 4.97. The lowest BCUT2D eigenvalue weighted by molar-refractivity contribution is -0.142. The van der Waals surface area contributed by atoms with Gasteiger partial charge in [0.2, 0.25) is 17.7 Å². The molecule has 2 aliphatic heterocycles. The van der Waals surface area contributed by atoms with Crippen molar-refractivity contribution in [1.82, 2.24) is 35.0 Å². The third-order valence-corrected chi connectivity index (χ3v) is 12.1. The zero-order chi connectivity index (χ0) is 42.1. The summed E-state index contributed by atoms with van der Waals surface area (Å²) in [6.45, 7) is 4.19. The molecule has 1 saturated heterocycles. The maximum atomic E-state index is 14.7. The summed E-state index contributed by atoms with van der Waals surface area (Å²) in [7, 11) is 1.57. The van der Waals surface area contributed by atoms with Crippen LogP contribution >= 0.6 is 11.9 Å². The number of rotatable bonds is 11. The van der Waals surface area contributed by atoms with Crippen LogP contribution in [0, 0.1) is 12.8 Å². The normalized spacial score (nSPS) is 25.6. The van der Waals surface area contributed by atoms with E-state index < -0.39 is 54.2 Å². The second kappa shape index (κ2) is 17.3. The fraction of sp³-hybridized carbons (Fsp3) is 0.561. The number of methoxy groups -OCH3 is 1. The van der Waals surface area contributed by atoms with Crippen LogP contribution in [0.2, 0.25) is 0 Å². The highest BCUT2D eigenvalue weighted by Crippen LogP contribution is 2.47. The minimum atomic E-state index is -4.55. The molecule has 14 nitrogen and oxygen atoms in total. The van der Waals surface area contributed by atoms with E-state index in [0.717, 1.165) is 37.1 Å². The van der Waals surface area contributed by atoms with Gasteiger partial charge in [-0.2, -0.15) is 18.3 Å². The highest BCUT2D eigenvalue weighted by atomic mass is 32.2. The van der Waals surface area contributed by atoms with E-state index in [-0.39, 0.29) is 43.0 Å². The number of hydrogen-bond acceptors (Lipinski definition) is 10. The summed E-state index contributed by atoms with van der Waals surface area (Å²) in [4.78, 5) is 62.6. The van der Waals surface area contributed by atoms with Crippen molar-refractivity contribution in [1.29, 1.82) is 0 Å². The van der Waals surface area contributed by atoms with Crippen LogP contribution in [0.4, 0.5) is 13.2 Å². The summed E-state index contributed by atoms with van der Waals surface area (Å²) in [6, 6.07) is 4.21. The van der Waals surface area contributed by atoms with Gasteiger partial charge in [0, 0.05) is 40.8 Å². The van der Waals surface area contributed by atoms with E-state index >= 15 is 0 Å². The molecule has 7 rings (SSSR count). The van der Waals surface area contributed by atoms with Gasteiger partial charge in [-0.25, -0.2) is 4.98 Å². The number of allylic oxidation sites excluding steroid dienone is 1. The molecule has 4 amide bonds. The number of halogens is 3. The third kappa shape index (κ3) is 9.90. The molecule has 3 fully saturated rings. The van der Waals surface area contributed by atoms with Crippen LogP contribution in [0.15, 0.2) is 42.6 Å². The standard InChI is InChI=1S/C41H50F3N7O7S/c1-23(2)57-34-19-33(28-14-15-32(56-4)24(3)35(28)46-34)58-26-18-31-37(53)47-40(39(55)49-59-27-12-13-27)20-25(40)10-8-6-5-7-9-11-30(38(54)51(31)21-26)45-36(52)29-16-17-50(48-29)22-41(42,43)44/h8,10,14-17,19,23,25-27,30-31H,5-7,9,11-13,18,20-22H2,1-4H3,(H,45,52)(H,47,53)(H,49,55)/b10-8-/t25-,26-,30+,31+,40-/m1/s1. The van der Waals surface area contributed by atoms with Crippen LogP contribution < -0.4 is 29.6 Å². The second-order valence-corrected chi connectivity index (χ2v) is 17.1. The fourth-order valence-corrected chi connectivity index (χ4v) is 8.55. The molecule has 0 bridgehead atoms. The first-order valence-corrected chi connectivity index (χ1v) is 21.0. The van der Waals surface area contributed by atoms with Crippen molar-refractivity contribution in [3.63, 3.8) is 0 Å². The minimum absolute atomic E-state index is 0.0500. The van der Waals surface area contributed by atoms with Crippen LogP contribution in [0.1, 0.15) is 87.7 Å². The van der Waals surface area contributed by atoms with Gasteiger partial charge >= 0.3 is 6.18 Å². The van der Waals surface area contributed by atoms with Crippen LogP contribution in [-0.4, -0.2) is 98.2 Å². The van der Waals surface area contributed by atoms with E-state index in [1.165, 1.54) is 16.8 Å². The Kier molecular flexibility index (Phi) is 12.4. The van der Waals surface area contributed by atoms with Crippen molar-refractivity contribution in [2.75, 3.05) is 13.7 Å². The van der Waals surface area contributed by atoms with E-state index in [4.69, 9.17) is 19.2 Å². The van der Waals surface area contributed by atoms with Crippen LogP contribution in [-0.2, 0) is 20.9 Å². The Labute approximate surface area is 344 Å². The Balaban J connectivity index is 1.20. The molecule has 4 aliphatic rings. The minimum Gasteiger partial charge on any atom is -0.496 e. The van der Waals surface area contributed by atoms with Gasteiger partial charge in [0.1, 0.15) is 47.5 Å². The first-order chi connectivity index (χ1) is 28.1. The Morgan fingerprint density at radius 2 is 1.90 bits per heavy atom. The van der Waals surface area contributed by atoms with Gasteiger partial charge in [0.15, 0.2) is 0 Å². The maximum Gasteiger partial charge on any atom is 0.408 e. The summed E-state index contributed by atoms with van der Waals surface area (Å²) >= 11 is 1.36. The Morgan fingerprint density at radius 3 is 2.63 bits per heavy atom. The van der Waals surface area contributed by atoms with Gasteiger partial charge in [-0.15, -0.1) is 0 Å². The third-order valence-electron chi connectivity index (χ3n) is 11.0. The van der Waals surface area contributed by atoms with Gasteiger partial charge < -0.3 is 29.7 Å². The number of carbonyl (C=O) groups is 4. The summed E-state index contributed by atoms with van der Waals surface area (Å²) in [5.41, 5.74) is -0.138. The number of benzene rings is 1. The lowest BCUT2D eigenvalue weighted by Gasteiger charge is -2.29. The van der Waals surface area contributed by atoms with Crippen LogP contribution in [0.25, 0.3) is 10.9 Å². The highest BCUT2D eigenvalue weighted by molar-refractivity contribution is 7.98. The van der Waals surface area contributed by atoms with E-state index in [1.54, 1.807) is 19.2 Å². The quantitative estimate of drug-likeness (QED) is 0.164. The first-order valence-electron chi connectivity index (χ1n) is 20.1. The molecule has 318 valence electrons. The molecule has 59 heavy (non-hydrogen) atoms. The topological polar surface area (TPSA) is 166 Å². The molecule has 2 saturated carbocycles. The van der Waals surface area contributed by atoms with E-state index in [9.17, 15) is 32.3 Å². The van der Waals surface area contributed by atoms with Gasteiger partial charge in [-0.1, -0.05) is 25.0 Å². The molecule has 18 heteroatoms. The van der Waals surface area contributed by atoms with E-state index in [1.807, 2.05) is 39.0 Å². The molecule has 2 aromatic heterocycles. The Bertz CT molecular complexity index is 2110. The maximum absolute atomic E-state index is 14.7. The molecule has 0 spiro atoms. The van der Waals surface area contributed by atoms with Gasteiger partial charge in [0.05, 0.1) is 25.3 Å². The molecule has 0 radical (unpaired) electrons. The van der Waals surface area contributed by atoms with Crippen LogP contribution in [0.3, 0.4) is 0 Å². The lowest BCUT2D eigenvalue weighted by Crippen LogP contribution is -2.57. The second-order valence-electron chi connectivity index (χ2n) is 16.0. The van der Waals surface area contributed by atoms with Crippen molar-refractivity contribution in [3.8, 4) is 17.4 Å². The molecule has 3 aromatic rings.